The second-order valence-corrected chi connectivity index (χ2v) is 4.90. The Balaban J connectivity index is 1.99. The number of imidazole rings is 1. The molecule has 1 saturated heterocycles. The van der Waals surface area contributed by atoms with E-state index in [1.807, 2.05) is 24.3 Å². The molecule has 0 unspecified atom stereocenters. The number of nitrogens with zero attached hydrogens (tertiary/aromatic N) is 1. The van der Waals surface area contributed by atoms with Crippen LogP contribution in [0.15, 0.2) is 24.3 Å². The molecule has 1 aromatic carbocycles. The molecule has 2 heterocycles. The standard InChI is InChI=1S/C13H14ClN3/c1-8-12(9-3-2-4-11(14)5-9)17-13(16-8)10-6-15-7-10/h2-5,10,15H,6-7H2,1H3,(H,16,17). The zero-order chi connectivity index (χ0) is 11.8. The van der Waals surface area contributed by atoms with Crippen molar-refractivity contribution in [1.82, 2.24) is 15.3 Å². The maximum Gasteiger partial charge on any atom is 0.112 e. The molecule has 0 amide bonds. The molecule has 1 aliphatic heterocycles. The van der Waals surface area contributed by atoms with E-state index >= 15 is 0 Å². The van der Waals surface area contributed by atoms with Gasteiger partial charge in [0.15, 0.2) is 0 Å². The monoisotopic (exact) mass is 247 g/mol. The van der Waals surface area contributed by atoms with Gasteiger partial charge in [-0.2, -0.15) is 0 Å². The van der Waals surface area contributed by atoms with Gasteiger partial charge in [0.25, 0.3) is 0 Å². The molecule has 0 bridgehead atoms. The fourth-order valence-electron chi connectivity index (χ4n) is 2.08. The third-order valence-electron chi connectivity index (χ3n) is 3.17. The van der Waals surface area contributed by atoms with Crippen LogP contribution in [-0.4, -0.2) is 23.1 Å². The number of aromatic amines is 1. The van der Waals surface area contributed by atoms with E-state index in [2.05, 4.69) is 22.2 Å². The summed E-state index contributed by atoms with van der Waals surface area (Å²) in [6, 6.07) is 7.82. The Morgan fingerprint density at radius 2 is 2.18 bits per heavy atom. The Morgan fingerprint density at radius 1 is 1.35 bits per heavy atom. The first-order valence-corrected chi connectivity index (χ1v) is 6.15. The van der Waals surface area contributed by atoms with Crippen LogP contribution in [0.3, 0.4) is 0 Å². The van der Waals surface area contributed by atoms with Crippen LogP contribution in [0.25, 0.3) is 11.3 Å². The first-order chi connectivity index (χ1) is 8.24. The van der Waals surface area contributed by atoms with Gasteiger partial charge in [0.05, 0.1) is 5.69 Å². The number of rotatable bonds is 2. The third kappa shape index (κ3) is 1.96. The second kappa shape index (κ2) is 4.17. The van der Waals surface area contributed by atoms with Gasteiger partial charge in [-0.1, -0.05) is 23.7 Å². The minimum Gasteiger partial charge on any atom is -0.345 e. The summed E-state index contributed by atoms with van der Waals surface area (Å²) in [6.07, 6.45) is 0. The van der Waals surface area contributed by atoms with Crippen LogP contribution < -0.4 is 5.32 Å². The number of H-pyrrole nitrogens is 1. The Hall–Kier alpha value is -1.32. The third-order valence-corrected chi connectivity index (χ3v) is 3.40. The highest BCUT2D eigenvalue weighted by Crippen LogP contribution is 2.27. The van der Waals surface area contributed by atoms with Crippen LogP contribution in [0.4, 0.5) is 0 Å². The molecule has 0 saturated carbocycles. The van der Waals surface area contributed by atoms with Gasteiger partial charge in [-0.05, 0) is 19.1 Å². The SMILES string of the molecule is Cc1[nH]c(C2CNC2)nc1-c1cccc(Cl)c1. The zero-order valence-electron chi connectivity index (χ0n) is 9.63. The van der Waals surface area contributed by atoms with Crippen molar-refractivity contribution >= 4 is 11.6 Å². The minimum absolute atomic E-state index is 0.529. The summed E-state index contributed by atoms with van der Waals surface area (Å²) in [6.45, 7) is 4.09. The number of benzene rings is 1. The predicted molar refractivity (Wildman–Crippen MR) is 69.4 cm³/mol. The van der Waals surface area contributed by atoms with Crippen LogP contribution >= 0.6 is 11.6 Å². The maximum absolute atomic E-state index is 6.01. The molecule has 1 fully saturated rings. The van der Waals surface area contributed by atoms with E-state index in [4.69, 9.17) is 11.6 Å². The van der Waals surface area contributed by atoms with E-state index in [0.717, 1.165) is 40.9 Å². The van der Waals surface area contributed by atoms with Gasteiger partial charge >= 0.3 is 0 Å². The van der Waals surface area contributed by atoms with E-state index in [1.165, 1.54) is 0 Å². The molecule has 3 nitrogen and oxygen atoms in total. The molecule has 1 aliphatic rings. The minimum atomic E-state index is 0.529. The molecule has 1 aromatic heterocycles. The first kappa shape index (κ1) is 10.8. The topological polar surface area (TPSA) is 40.7 Å². The van der Waals surface area contributed by atoms with Crippen LogP contribution in [0.1, 0.15) is 17.4 Å². The predicted octanol–water partition coefficient (Wildman–Crippen LogP) is 2.73. The van der Waals surface area contributed by atoms with Gasteiger partial charge in [-0.25, -0.2) is 4.98 Å². The van der Waals surface area contributed by atoms with E-state index in [9.17, 15) is 0 Å². The number of hydrogen-bond donors (Lipinski definition) is 2. The molecule has 4 heteroatoms. The van der Waals surface area contributed by atoms with E-state index in [0.29, 0.717) is 5.92 Å². The lowest BCUT2D eigenvalue weighted by molar-refractivity contribution is 0.432. The maximum atomic E-state index is 6.01. The summed E-state index contributed by atoms with van der Waals surface area (Å²) in [4.78, 5) is 8.06. The van der Waals surface area contributed by atoms with E-state index in [1.54, 1.807) is 0 Å². The highest BCUT2D eigenvalue weighted by atomic mass is 35.5. The molecule has 0 aliphatic carbocycles. The number of hydrogen-bond acceptors (Lipinski definition) is 2. The second-order valence-electron chi connectivity index (χ2n) is 4.46. The lowest BCUT2D eigenvalue weighted by atomic mass is 10.0. The average Bonchev–Trinajstić information content (AvgIpc) is 2.57. The zero-order valence-corrected chi connectivity index (χ0v) is 10.4. The van der Waals surface area contributed by atoms with Gasteiger partial charge in [-0.15, -0.1) is 0 Å². The molecule has 88 valence electrons. The lowest BCUT2D eigenvalue weighted by Crippen LogP contribution is -2.40. The fourth-order valence-corrected chi connectivity index (χ4v) is 2.27. The van der Waals surface area contributed by atoms with Crippen molar-refractivity contribution in [2.24, 2.45) is 0 Å². The number of nitrogens with one attached hydrogen (secondary N) is 2. The first-order valence-electron chi connectivity index (χ1n) is 5.77. The highest BCUT2D eigenvalue weighted by Gasteiger charge is 2.23. The molecule has 2 aromatic rings. The van der Waals surface area contributed by atoms with Crippen LogP contribution in [0.5, 0.6) is 0 Å². The van der Waals surface area contributed by atoms with Gasteiger partial charge in [0.2, 0.25) is 0 Å². The van der Waals surface area contributed by atoms with Crippen LogP contribution in [0.2, 0.25) is 5.02 Å². The van der Waals surface area contributed by atoms with Crippen molar-refractivity contribution in [3.05, 3.63) is 40.8 Å². The van der Waals surface area contributed by atoms with E-state index < -0.39 is 0 Å². The van der Waals surface area contributed by atoms with Gasteiger partial charge in [0, 0.05) is 35.3 Å². The largest absolute Gasteiger partial charge is 0.345 e. The van der Waals surface area contributed by atoms with Crippen LogP contribution in [-0.2, 0) is 0 Å². The highest BCUT2D eigenvalue weighted by molar-refractivity contribution is 6.30. The molecular weight excluding hydrogens is 234 g/mol. The molecule has 3 rings (SSSR count). The fraction of sp³-hybridized carbons (Fsp3) is 0.308. The summed E-state index contributed by atoms with van der Waals surface area (Å²) in [5.41, 5.74) is 3.19. The quantitative estimate of drug-likeness (QED) is 0.857. The van der Waals surface area contributed by atoms with Crippen molar-refractivity contribution < 1.29 is 0 Å². The van der Waals surface area contributed by atoms with Crippen molar-refractivity contribution in [1.29, 1.82) is 0 Å². The van der Waals surface area contributed by atoms with Gasteiger partial charge < -0.3 is 10.3 Å². The van der Waals surface area contributed by atoms with Gasteiger partial charge in [0.1, 0.15) is 5.82 Å². The van der Waals surface area contributed by atoms with Crippen molar-refractivity contribution in [2.75, 3.05) is 13.1 Å². The molecular formula is C13H14ClN3. The van der Waals surface area contributed by atoms with Crippen molar-refractivity contribution in [3.63, 3.8) is 0 Å². The van der Waals surface area contributed by atoms with Crippen molar-refractivity contribution in [2.45, 2.75) is 12.8 Å². The summed E-state index contributed by atoms with van der Waals surface area (Å²) in [5, 5.41) is 4.00. The molecule has 17 heavy (non-hydrogen) atoms. The normalized spacial score (nSPS) is 15.9. The smallest absolute Gasteiger partial charge is 0.112 e. The molecule has 2 N–H and O–H groups in total. The average molecular weight is 248 g/mol. The van der Waals surface area contributed by atoms with E-state index in [-0.39, 0.29) is 0 Å². The number of aryl methyl sites for hydroxylation is 1. The molecule has 0 atom stereocenters. The Morgan fingerprint density at radius 3 is 2.82 bits per heavy atom. The van der Waals surface area contributed by atoms with Crippen molar-refractivity contribution in [3.8, 4) is 11.3 Å². The Labute approximate surface area is 105 Å². The summed E-state index contributed by atoms with van der Waals surface area (Å²) >= 11 is 6.01. The van der Waals surface area contributed by atoms with Gasteiger partial charge in [-0.3, -0.25) is 0 Å². The summed E-state index contributed by atoms with van der Waals surface area (Å²) in [5.74, 6) is 1.61. The summed E-state index contributed by atoms with van der Waals surface area (Å²) in [7, 11) is 0. The molecule has 0 radical (unpaired) electrons. The number of halogens is 1. The molecule has 0 spiro atoms. The Kier molecular flexibility index (Phi) is 2.65. The Bertz CT molecular complexity index is 543. The van der Waals surface area contributed by atoms with Crippen LogP contribution in [0, 0.1) is 6.92 Å². The number of aromatic nitrogens is 2. The lowest BCUT2D eigenvalue weighted by Gasteiger charge is -2.24. The summed E-state index contributed by atoms with van der Waals surface area (Å²) < 4.78 is 0.